The second-order valence-electron chi connectivity index (χ2n) is 10.8. The van der Waals surface area contributed by atoms with Crippen LogP contribution in [-0.4, -0.2) is 73.3 Å². The van der Waals surface area contributed by atoms with Gasteiger partial charge in [-0.15, -0.1) is 0 Å². The Labute approximate surface area is 250 Å². The average molecular weight is 591 g/mol. The Morgan fingerprint density at radius 3 is 1.17 bits per heavy atom. The summed E-state index contributed by atoms with van der Waals surface area (Å²) in [5.41, 5.74) is 1.47. The van der Waals surface area contributed by atoms with Crippen LogP contribution in [0.15, 0.2) is 24.3 Å². The highest BCUT2D eigenvalue weighted by Gasteiger charge is 2.13. The molecule has 0 aliphatic carbocycles. The largest absolute Gasteiger partial charge is 0.508 e. The first kappa shape index (κ1) is 33.6. The number of fused-ring (bicyclic) bond motifs is 2. The molecule has 0 unspecified atom stereocenters. The molecule has 0 radical (unpaired) electrons. The molecule has 42 heavy (non-hydrogen) atoms. The fourth-order valence-corrected chi connectivity index (χ4v) is 5.12. The van der Waals surface area contributed by atoms with Crippen LogP contribution in [0, 0.1) is 0 Å². The van der Waals surface area contributed by atoms with E-state index in [4.69, 9.17) is 23.7 Å². The summed E-state index contributed by atoms with van der Waals surface area (Å²) in [6, 6.07) is 5.86. The first-order valence-corrected chi connectivity index (χ1v) is 15.6. The van der Waals surface area contributed by atoms with Gasteiger partial charge in [0.05, 0.1) is 26.4 Å². The van der Waals surface area contributed by atoms with Crippen LogP contribution in [0.5, 0.6) is 34.5 Å². The topological polar surface area (TPSA) is 127 Å². The molecule has 1 aliphatic heterocycles. The van der Waals surface area contributed by atoms with Crippen LogP contribution in [0.2, 0.25) is 0 Å². The van der Waals surface area contributed by atoms with Gasteiger partial charge in [-0.2, -0.15) is 0 Å². The lowest BCUT2D eigenvalue weighted by Crippen LogP contribution is -2.13. The molecule has 3 rings (SSSR count). The molecule has 236 valence electrons. The van der Waals surface area contributed by atoms with E-state index in [9.17, 15) is 20.4 Å². The van der Waals surface area contributed by atoms with Gasteiger partial charge in [0, 0.05) is 48.6 Å². The highest BCUT2D eigenvalue weighted by Crippen LogP contribution is 2.35. The molecule has 2 aromatic carbocycles. The average Bonchev–Trinajstić information content (AvgIpc) is 2.95. The third-order valence-corrected chi connectivity index (χ3v) is 7.36. The van der Waals surface area contributed by atoms with Crippen LogP contribution in [0.1, 0.15) is 81.8 Å². The summed E-state index contributed by atoms with van der Waals surface area (Å²) in [5, 5.41) is 40.6. The van der Waals surface area contributed by atoms with Crippen molar-refractivity contribution in [2.45, 2.75) is 83.5 Å². The number of phenolic OH excluding ortho intramolecular Hbond substituents is 4. The molecule has 9 nitrogen and oxygen atoms in total. The fraction of sp³-hybridized carbons (Fsp3) is 0.636. The zero-order valence-corrected chi connectivity index (χ0v) is 25.0. The number of hydrogen-bond donors (Lipinski definition) is 4. The summed E-state index contributed by atoms with van der Waals surface area (Å²) in [7, 11) is 0. The molecule has 0 spiro atoms. The Bertz CT molecular complexity index is 946. The summed E-state index contributed by atoms with van der Waals surface area (Å²) in [5.74, 6) is 1.13. The Hall–Kier alpha value is -2.88. The standard InChI is InChI=1S/C33H50O9/c34-26-22-30(36)28-12-9-7-5-3-1-2-4-6-8-10-13-29-31(37)23-27(35)25-33(29)42-21-19-40-17-16-38-14-11-15-39-18-20-41-32(28)24-26/h22-25,34-37H,1-21H2. The van der Waals surface area contributed by atoms with Crippen LogP contribution < -0.4 is 9.47 Å². The lowest BCUT2D eigenvalue weighted by molar-refractivity contribution is 0.0250. The molecule has 2 aromatic rings. The van der Waals surface area contributed by atoms with E-state index in [1.165, 1.54) is 37.8 Å². The molecule has 0 saturated carbocycles. The Balaban J connectivity index is 1.46. The van der Waals surface area contributed by atoms with Crippen molar-refractivity contribution < 1.29 is 44.1 Å². The van der Waals surface area contributed by atoms with Gasteiger partial charge in [0.25, 0.3) is 0 Å². The van der Waals surface area contributed by atoms with E-state index in [1.807, 2.05) is 0 Å². The van der Waals surface area contributed by atoms with Crippen LogP contribution in [-0.2, 0) is 27.1 Å². The summed E-state index contributed by atoms with van der Waals surface area (Å²) >= 11 is 0. The Morgan fingerprint density at radius 2 is 0.738 bits per heavy atom. The quantitative estimate of drug-likeness (QED) is 0.275. The highest BCUT2D eigenvalue weighted by molar-refractivity contribution is 5.50. The molecule has 4 N–H and O–H groups in total. The van der Waals surface area contributed by atoms with Crippen molar-refractivity contribution in [1.29, 1.82) is 0 Å². The van der Waals surface area contributed by atoms with Gasteiger partial charge in [0.15, 0.2) is 0 Å². The monoisotopic (exact) mass is 590 g/mol. The number of benzene rings is 2. The van der Waals surface area contributed by atoms with Gasteiger partial charge in [0.2, 0.25) is 0 Å². The first-order chi connectivity index (χ1) is 20.5. The molecule has 9 heteroatoms. The third kappa shape index (κ3) is 13.0. The second kappa shape index (κ2) is 20.1. The van der Waals surface area contributed by atoms with Crippen LogP contribution in [0.25, 0.3) is 0 Å². The van der Waals surface area contributed by atoms with Gasteiger partial charge >= 0.3 is 0 Å². The predicted molar refractivity (Wildman–Crippen MR) is 161 cm³/mol. The van der Waals surface area contributed by atoms with Crippen molar-refractivity contribution >= 4 is 0 Å². The minimum Gasteiger partial charge on any atom is -0.508 e. The van der Waals surface area contributed by atoms with Crippen molar-refractivity contribution in [2.75, 3.05) is 52.9 Å². The van der Waals surface area contributed by atoms with Gasteiger partial charge in [-0.25, -0.2) is 0 Å². The molecule has 1 aliphatic rings. The fourth-order valence-electron chi connectivity index (χ4n) is 5.12. The van der Waals surface area contributed by atoms with E-state index >= 15 is 0 Å². The van der Waals surface area contributed by atoms with Gasteiger partial charge in [0.1, 0.15) is 47.7 Å². The second-order valence-corrected chi connectivity index (χ2v) is 10.8. The maximum Gasteiger partial charge on any atom is 0.129 e. The predicted octanol–water partition coefficient (Wildman–Crippen LogP) is 6.41. The molecule has 0 atom stereocenters. The lowest BCUT2D eigenvalue weighted by Gasteiger charge is -2.14. The molecule has 1 heterocycles. The summed E-state index contributed by atoms with van der Waals surface area (Å²) in [6.45, 7) is 3.41. The third-order valence-electron chi connectivity index (χ3n) is 7.36. The van der Waals surface area contributed by atoms with Gasteiger partial charge in [-0.1, -0.05) is 51.4 Å². The maximum atomic E-state index is 10.4. The smallest absolute Gasteiger partial charge is 0.129 e. The number of rotatable bonds is 0. The van der Waals surface area contributed by atoms with E-state index in [0.29, 0.717) is 77.2 Å². The summed E-state index contributed by atoms with van der Waals surface area (Å²) in [4.78, 5) is 0. The minimum absolute atomic E-state index is 0.0127. The number of aromatic hydroxyl groups is 4. The van der Waals surface area contributed by atoms with Gasteiger partial charge in [-0.3, -0.25) is 0 Å². The summed E-state index contributed by atoms with van der Waals surface area (Å²) < 4.78 is 28.5. The van der Waals surface area contributed by atoms with Crippen LogP contribution >= 0.6 is 0 Å². The van der Waals surface area contributed by atoms with Crippen LogP contribution in [0.4, 0.5) is 0 Å². The molecule has 0 saturated heterocycles. The molecule has 0 fully saturated rings. The van der Waals surface area contributed by atoms with Crippen LogP contribution in [0.3, 0.4) is 0 Å². The normalized spacial score (nSPS) is 18.9. The number of ether oxygens (including phenoxy) is 5. The van der Waals surface area contributed by atoms with E-state index in [0.717, 1.165) is 56.1 Å². The molecular weight excluding hydrogens is 540 g/mol. The van der Waals surface area contributed by atoms with Crippen molar-refractivity contribution in [2.24, 2.45) is 0 Å². The van der Waals surface area contributed by atoms with E-state index in [2.05, 4.69) is 0 Å². The number of hydrogen-bond acceptors (Lipinski definition) is 9. The Morgan fingerprint density at radius 1 is 0.381 bits per heavy atom. The molecule has 0 amide bonds. The van der Waals surface area contributed by atoms with Crippen molar-refractivity contribution in [3.63, 3.8) is 0 Å². The van der Waals surface area contributed by atoms with E-state index in [-0.39, 0.29) is 23.0 Å². The van der Waals surface area contributed by atoms with Crippen molar-refractivity contribution in [3.05, 3.63) is 35.4 Å². The molecule has 0 bridgehead atoms. The first-order valence-electron chi connectivity index (χ1n) is 15.6. The van der Waals surface area contributed by atoms with E-state index in [1.54, 1.807) is 12.1 Å². The number of phenols is 4. The molecule has 0 aromatic heterocycles. The zero-order chi connectivity index (χ0) is 29.8. The highest BCUT2D eigenvalue weighted by atomic mass is 16.5. The molecular formula is C33H50O9. The van der Waals surface area contributed by atoms with Crippen molar-refractivity contribution in [1.82, 2.24) is 0 Å². The SMILES string of the molecule is Oc1cc(O)c2c(c1)OCCOCCCOCCOCCOc1cc(O)cc(O)c1CCCCCCCCCCCC2. The van der Waals surface area contributed by atoms with Crippen molar-refractivity contribution in [3.8, 4) is 34.5 Å². The minimum atomic E-state index is -0.0162. The van der Waals surface area contributed by atoms with Gasteiger partial charge in [-0.05, 0) is 32.1 Å². The Kier molecular flexibility index (Phi) is 16.1. The maximum absolute atomic E-state index is 10.4. The van der Waals surface area contributed by atoms with Gasteiger partial charge < -0.3 is 44.1 Å². The lowest BCUT2D eigenvalue weighted by atomic mass is 10.0. The summed E-state index contributed by atoms with van der Waals surface area (Å²) in [6.07, 6.45) is 13.3. The zero-order valence-electron chi connectivity index (χ0n) is 25.0. The van der Waals surface area contributed by atoms with E-state index < -0.39 is 0 Å².